The van der Waals surface area contributed by atoms with E-state index in [0.29, 0.717) is 21.4 Å². The molecule has 1 aromatic rings. The number of benzene rings is 1. The molecule has 1 aliphatic rings. The Kier molecular flexibility index (Phi) is 2.67. The van der Waals surface area contributed by atoms with Gasteiger partial charge in [0.15, 0.2) is 0 Å². The summed E-state index contributed by atoms with van der Waals surface area (Å²) in [6.45, 7) is 1.80. The van der Waals surface area contributed by atoms with Gasteiger partial charge >= 0.3 is 0 Å². The summed E-state index contributed by atoms with van der Waals surface area (Å²) < 4.78 is 0. The molecule has 0 aliphatic carbocycles. The zero-order valence-electron chi connectivity index (χ0n) is 7.97. The number of amides is 1. The highest BCUT2D eigenvalue weighted by molar-refractivity contribution is 6.38. The first-order valence-corrected chi connectivity index (χ1v) is 5.15. The van der Waals surface area contributed by atoms with Gasteiger partial charge in [-0.15, -0.1) is 0 Å². The first-order valence-electron chi connectivity index (χ1n) is 4.39. The van der Waals surface area contributed by atoms with Crippen molar-refractivity contribution in [2.45, 2.75) is 13.3 Å². The third kappa shape index (κ3) is 2.13. The van der Waals surface area contributed by atoms with Crippen LogP contribution in [0.5, 0.6) is 0 Å². The Morgan fingerprint density at radius 1 is 1.40 bits per heavy atom. The van der Waals surface area contributed by atoms with E-state index in [4.69, 9.17) is 23.2 Å². The second kappa shape index (κ2) is 3.83. The summed E-state index contributed by atoms with van der Waals surface area (Å²) in [7, 11) is 0. The van der Waals surface area contributed by atoms with Gasteiger partial charge in [0, 0.05) is 10.7 Å². The monoisotopic (exact) mass is 242 g/mol. The molecule has 1 aromatic carbocycles. The topological polar surface area (TPSA) is 41.5 Å². The van der Waals surface area contributed by atoms with Crippen molar-refractivity contribution < 1.29 is 4.79 Å². The molecule has 0 bridgehead atoms. The predicted molar refractivity (Wildman–Crippen MR) is 62.5 cm³/mol. The molecule has 2 rings (SSSR count). The Morgan fingerprint density at radius 3 is 2.87 bits per heavy atom. The van der Waals surface area contributed by atoms with E-state index in [0.717, 1.165) is 5.71 Å². The van der Waals surface area contributed by atoms with Gasteiger partial charge in [-0.1, -0.05) is 23.2 Å². The number of hydrogen-bond acceptors (Lipinski definition) is 2. The molecule has 0 saturated carbocycles. The van der Waals surface area contributed by atoms with Crippen LogP contribution in [0.25, 0.3) is 0 Å². The highest BCUT2D eigenvalue weighted by Gasteiger charge is 2.16. The van der Waals surface area contributed by atoms with Crippen LogP contribution in [0.3, 0.4) is 0 Å². The predicted octanol–water partition coefficient (Wildman–Crippen LogP) is 3.43. The van der Waals surface area contributed by atoms with Crippen molar-refractivity contribution in [1.82, 2.24) is 0 Å². The van der Waals surface area contributed by atoms with Gasteiger partial charge in [-0.2, -0.15) is 0 Å². The minimum Gasteiger partial charge on any atom is -0.323 e. The van der Waals surface area contributed by atoms with Crippen LogP contribution >= 0.6 is 23.2 Å². The molecule has 0 aromatic heterocycles. The average molecular weight is 243 g/mol. The summed E-state index contributed by atoms with van der Waals surface area (Å²) in [6.07, 6.45) is 0.280. The van der Waals surface area contributed by atoms with Crippen molar-refractivity contribution in [3.05, 3.63) is 22.2 Å². The SMILES string of the molecule is CC1=Nc2cc(Cl)cc(Cl)c2NC(=O)C1. The fraction of sp³-hybridized carbons (Fsp3) is 0.200. The van der Waals surface area contributed by atoms with Crippen molar-refractivity contribution in [3.8, 4) is 0 Å². The molecular formula is C10H8Cl2N2O. The molecule has 5 heteroatoms. The molecule has 0 fully saturated rings. The summed E-state index contributed by atoms with van der Waals surface area (Å²) >= 11 is 11.8. The Bertz CT molecular complexity index is 469. The summed E-state index contributed by atoms with van der Waals surface area (Å²) in [4.78, 5) is 15.7. The second-order valence-electron chi connectivity index (χ2n) is 3.35. The number of nitrogens with one attached hydrogen (secondary N) is 1. The molecule has 3 nitrogen and oxygen atoms in total. The zero-order chi connectivity index (χ0) is 11.0. The maximum Gasteiger partial charge on any atom is 0.230 e. The summed E-state index contributed by atoms with van der Waals surface area (Å²) in [5.41, 5.74) is 1.88. The lowest BCUT2D eigenvalue weighted by Crippen LogP contribution is -2.12. The lowest BCUT2D eigenvalue weighted by molar-refractivity contribution is -0.115. The minimum absolute atomic E-state index is 0.112. The summed E-state index contributed by atoms with van der Waals surface area (Å²) in [5.74, 6) is -0.112. The molecular weight excluding hydrogens is 235 g/mol. The maximum absolute atomic E-state index is 11.4. The number of aliphatic imine (C=N–C) groups is 1. The Labute approximate surface area is 97.1 Å². The van der Waals surface area contributed by atoms with E-state index in [2.05, 4.69) is 10.3 Å². The molecule has 0 unspecified atom stereocenters. The largest absolute Gasteiger partial charge is 0.323 e. The fourth-order valence-corrected chi connectivity index (χ4v) is 1.96. The standard InChI is InChI=1S/C10H8Cl2N2O/c1-5-2-9(15)14-10-7(12)3-6(11)4-8(10)13-5/h3-4H,2H2,1H3,(H,14,15). The number of nitrogens with zero attached hydrogens (tertiary/aromatic N) is 1. The number of carbonyl (C=O) groups is 1. The lowest BCUT2D eigenvalue weighted by atomic mass is 10.2. The molecule has 1 aliphatic heterocycles. The number of rotatable bonds is 0. The first kappa shape index (κ1) is 10.5. The molecule has 1 heterocycles. The van der Waals surface area contributed by atoms with Crippen LogP contribution in [0, 0.1) is 0 Å². The zero-order valence-corrected chi connectivity index (χ0v) is 9.49. The average Bonchev–Trinajstić information content (AvgIpc) is 2.22. The van der Waals surface area contributed by atoms with E-state index < -0.39 is 0 Å². The molecule has 0 radical (unpaired) electrons. The highest BCUT2D eigenvalue weighted by Crippen LogP contribution is 2.37. The van der Waals surface area contributed by atoms with Crippen molar-refractivity contribution in [1.29, 1.82) is 0 Å². The van der Waals surface area contributed by atoms with Crippen molar-refractivity contribution in [2.24, 2.45) is 4.99 Å². The van der Waals surface area contributed by atoms with E-state index in [1.807, 2.05) is 0 Å². The number of carbonyl (C=O) groups excluding carboxylic acids is 1. The van der Waals surface area contributed by atoms with Gasteiger partial charge in [0.2, 0.25) is 5.91 Å². The van der Waals surface area contributed by atoms with Crippen molar-refractivity contribution >= 4 is 46.2 Å². The van der Waals surface area contributed by atoms with E-state index in [1.54, 1.807) is 19.1 Å². The van der Waals surface area contributed by atoms with E-state index in [-0.39, 0.29) is 12.3 Å². The summed E-state index contributed by atoms with van der Waals surface area (Å²) in [5, 5.41) is 3.62. The molecule has 15 heavy (non-hydrogen) atoms. The molecule has 1 N–H and O–H groups in total. The van der Waals surface area contributed by atoms with Crippen LogP contribution in [0.1, 0.15) is 13.3 Å². The van der Waals surface area contributed by atoms with Crippen LogP contribution in [0.2, 0.25) is 10.0 Å². The minimum atomic E-state index is -0.112. The van der Waals surface area contributed by atoms with Crippen LogP contribution in [-0.4, -0.2) is 11.6 Å². The van der Waals surface area contributed by atoms with Gasteiger partial charge in [0.25, 0.3) is 0 Å². The van der Waals surface area contributed by atoms with Crippen LogP contribution in [-0.2, 0) is 4.79 Å². The Balaban J connectivity index is 2.63. The first-order chi connectivity index (χ1) is 7.06. The van der Waals surface area contributed by atoms with E-state index >= 15 is 0 Å². The van der Waals surface area contributed by atoms with Gasteiger partial charge in [-0.05, 0) is 19.1 Å². The lowest BCUT2D eigenvalue weighted by Gasteiger charge is -2.07. The second-order valence-corrected chi connectivity index (χ2v) is 4.20. The maximum atomic E-state index is 11.4. The number of halogens is 2. The molecule has 0 saturated heterocycles. The third-order valence-corrected chi connectivity index (χ3v) is 2.54. The molecule has 78 valence electrons. The molecule has 0 atom stereocenters. The van der Waals surface area contributed by atoms with Crippen LogP contribution in [0.4, 0.5) is 11.4 Å². The summed E-state index contributed by atoms with van der Waals surface area (Å²) in [6, 6.07) is 3.26. The molecule has 1 amide bonds. The fourth-order valence-electron chi connectivity index (χ4n) is 1.43. The Morgan fingerprint density at radius 2 is 2.13 bits per heavy atom. The number of anilines is 1. The Hall–Kier alpha value is -1.06. The van der Waals surface area contributed by atoms with Crippen LogP contribution < -0.4 is 5.32 Å². The van der Waals surface area contributed by atoms with Gasteiger partial charge in [0.05, 0.1) is 22.8 Å². The van der Waals surface area contributed by atoms with Gasteiger partial charge in [-0.25, -0.2) is 0 Å². The van der Waals surface area contributed by atoms with Gasteiger partial charge in [0.1, 0.15) is 0 Å². The number of fused-ring (bicyclic) bond motifs is 1. The quantitative estimate of drug-likeness (QED) is 0.745. The normalized spacial score (nSPS) is 15.1. The van der Waals surface area contributed by atoms with Gasteiger partial charge in [-0.3, -0.25) is 9.79 Å². The van der Waals surface area contributed by atoms with Crippen molar-refractivity contribution in [2.75, 3.05) is 5.32 Å². The highest BCUT2D eigenvalue weighted by atomic mass is 35.5. The molecule has 0 spiro atoms. The van der Waals surface area contributed by atoms with Gasteiger partial charge < -0.3 is 5.32 Å². The van der Waals surface area contributed by atoms with Crippen molar-refractivity contribution in [3.63, 3.8) is 0 Å². The van der Waals surface area contributed by atoms with E-state index in [1.165, 1.54) is 0 Å². The smallest absolute Gasteiger partial charge is 0.230 e. The van der Waals surface area contributed by atoms with E-state index in [9.17, 15) is 4.79 Å². The van der Waals surface area contributed by atoms with Crippen LogP contribution in [0.15, 0.2) is 17.1 Å². The third-order valence-electron chi connectivity index (χ3n) is 2.03. The number of hydrogen-bond donors (Lipinski definition) is 1.